The average Bonchev–Trinajstić information content (AvgIpc) is 3.09. The summed E-state index contributed by atoms with van der Waals surface area (Å²) >= 11 is 0. The third kappa shape index (κ3) is 4.32. The van der Waals surface area contributed by atoms with Crippen molar-refractivity contribution in [1.82, 2.24) is 10.9 Å². The Labute approximate surface area is 137 Å². The van der Waals surface area contributed by atoms with E-state index in [1.807, 2.05) is 24.3 Å². The molecule has 122 valence electrons. The molecule has 4 nitrogen and oxygen atoms in total. The molecule has 0 aliphatic carbocycles. The fourth-order valence-corrected chi connectivity index (χ4v) is 2.95. The van der Waals surface area contributed by atoms with Crippen molar-refractivity contribution in [3.05, 3.63) is 65.7 Å². The molecular formula is C19H24N2O2. The van der Waals surface area contributed by atoms with E-state index in [1.54, 1.807) is 0 Å². The minimum atomic E-state index is 0.103. The predicted molar refractivity (Wildman–Crippen MR) is 91.2 cm³/mol. The standard InChI is InChI=1S/C19H24N2O2/c22-14-16-13-18(21-20-16)17-10-4-5-11-19(17)23-12-6-9-15-7-2-1-3-8-15/h1-5,7-8,10-11,16,18,20-22H,6,9,12-14H2. The second kappa shape index (κ2) is 8.11. The van der Waals surface area contributed by atoms with E-state index in [2.05, 4.69) is 41.2 Å². The first-order valence-corrected chi connectivity index (χ1v) is 8.24. The molecule has 0 amide bonds. The van der Waals surface area contributed by atoms with E-state index in [4.69, 9.17) is 4.74 Å². The summed E-state index contributed by atoms with van der Waals surface area (Å²) in [7, 11) is 0. The molecule has 2 aromatic rings. The molecule has 0 saturated carbocycles. The van der Waals surface area contributed by atoms with Crippen LogP contribution in [0, 0.1) is 0 Å². The van der Waals surface area contributed by atoms with Crippen LogP contribution in [-0.4, -0.2) is 24.4 Å². The Morgan fingerprint density at radius 3 is 2.57 bits per heavy atom. The smallest absolute Gasteiger partial charge is 0.124 e. The minimum Gasteiger partial charge on any atom is -0.493 e. The number of rotatable bonds is 7. The third-order valence-corrected chi connectivity index (χ3v) is 4.21. The molecule has 1 saturated heterocycles. The first-order valence-electron chi connectivity index (χ1n) is 8.24. The molecule has 1 heterocycles. The highest BCUT2D eigenvalue weighted by Crippen LogP contribution is 2.30. The van der Waals surface area contributed by atoms with E-state index in [0.29, 0.717) is 6.61 Å². The molecule has 1 aliphatic heterocycles. The summed E-state index contributed by atoms with van der Waals surface area (Å²) in [6.45, 7) is 0.846. The molecule has 2 atom stereocenters. The summed E-state index contributed by atoms with van der Waals surface area (Å²) in [4.78, 5) is 0. The molecule has 1 fully saturated rings. The van der Waals surface area contributed by atoms with E-state index < -0.39 is 0 Å². The molecule has 0 bridgehead atoms. The predicted octanol–water partition coefficient (Wildman–Crippen LogP) is 2.60. The summed E-state index contributed by atoms with van der Waals surface area (Å²) in [5.41, 5.74) is 8.85. The number of hydrazine groups is 1. The van der Waals surface area contributed by atoms with E-state index in [1.165, 1.54) is 5.56 Å². The normalized spacial score (nSPS) is 20.6. The minimum absolute atomic E-state index is 0.103. The number of aliphatic hydroxyl groups is 1. The van der Waals surface area contributed by atoms with E-state index in [0.717, 1.165) is 30.6 Å². The van der Waals surface area contributed by atoms with Crippen molar-refractivity contribution in [1.29, 1.82) is 0 Å². The molecule has 1 aliphatic rings. The van der Waals surface area contributed by atoms with Crippen molar-refractivity contribution >= 4 is 0 Å². The van der Waals surface area contributed by atoms with Crippen molar-refractivity contribution in [3.8, 4) is 5.75 Å². The second-order valence-electron chi connectivity index (χ2n) is 5.93. The van der Waals surface area contributed by atoms with Crippen LogP contribution < -0.4 is 15.6 Å². The largest absolute Gasteiger partial charge is 0.493 e. The highest BCUT2D eigenvalue weighted by Gasteiger charge is 2.26. The van der Waals surface area contributed by atoms with Gasteiger partial charge in [-0.05, 0) is 30.9 Å². The Kier molecular flexibility index (Phi) is 5.64. The molecule has 3 N–H and O–H groups in total. The molecule has 0 spiro atoms. The van der Waals surface area contributed by atoms with Gasteiger partial charge in [-0.15, -0.1) is 0 Å². The van der Waals surface area contributed by atoms with Crippen molar-refractivity contribution in [2.75, 3.05) is 13.2 Å². The summed E-state index contributed by atoms with van der Waals surface area (Å²) in [5, 5.41) is 9.25. The lowest BCUT2D eigenvalue weighted by atomic mass is 10.0. The van der Waals surface area contributed by atoms with Crippen molar-refractivity contribution < 1.29 is 9.84 Å². The van der Waals surface area contributed by atoms with Gasteiger partial charge in [-0.1, -0.05) is 48.5 Å². The molecule has 2 aromatic carbocycles. The first kappa shape index (κ1) is 16.0. The lowest BCUT2D eigenvalue weighted by Gasteiger charge is -2.16. The zero-order valence-corrected chi connectivity index (χ0v) is 13.2. The fraction of sp³-hybridized carbons (Fsp3) is 0.368. The highest BCUT2D eigenvalue weighted by atomic mass is 16.5. The van der Waals surface area contributed by atoms with Crippen LogP contribution in [0.2, 0.25) is 0 Å². The summed E-state index contributed by atoms with van der Waals surface area (Å²) in [6.07, 6.45) is 2.88. The zero-order chi connectivity index (χ0) is 15.9. The van der Waals surface area contributed by atoms with Gasteiger partial charge in [0.1, 0.15) is 5.75 Å². The monoisotopic (exact) mass is 312 g/mol. The SMILES string of the molecule is OCC1CC(c2ccccc2OCCCc2ccccc2)NN1. The maximum Gasteiger partial charge on any atom is 0.124 e. The van der Waals surface area contributed by atoms with Crippen molar-refractivity contribution in [3.63, 3.8) is 0 Å². The van der Waals surface area contributed by atoms with Gasteiger partial charge < -0.3 is 9.84 Å². The Balaban J connectivity index is 1.54. The fourth-order valence-electron chi connectivity index (χ4n) is 2.95. The maximum absolute atomic E-state index is 9.25. The second-order valence-corrected chi connectivity index (χ2v) is 5.93. The number of aryl methyl sites for hydroxylation is 1. The molecular weight excluding hydrogens is 288 g/mol. The average molecular weight is 312 g/mol. The maximum atomic E-state index is 9.25. The first-order chi connectivity index (χ1) is 11.4. The summed E-state index contributed by atoms with van der Waals surface area (Å²) in [5.74, 6) is 0.929. The zero-order valence-electron chi connectivity index (χ0n) is 13.2. The van der Waals surface area contributed by atoms with Crippen LogP contribution in [0.1, 0.15) is 30.0 Å². The lowest BCUT2D eigenvalue weighted by Crippen LogP contribution is -2.32. The van der Waals surface area contributed by atoms with Crippen LogP contribution in [0.4, 0.5) is 0 Å². The number of para-hydroxylation sites is 1. The number of hydrogen-bond acceptors (Lipinski definition) is 4. The number of nitrogens with one attached hydrogen (secondary N) is 2. The molecule has 4 heteroatoms. The molecule has 23 heavy (non-hydrogen) atoms. The number of hydrogen-bond donors (Lipinski definition) is 3. The highest BCUT2D eigenvalue weighted by molar-refractivity contribution is 5.36. The quantitative estimate of drug-likeness (QED) is 0.688. The Morgan fingerprint density at radius 1 is 1.00 bits per heavy atom. The van der Waals surface area contributed by atoms with Crippen LogP contribution in [0.5, 0.6) is 5.75 Å². The van der Waals surface area contributed by atoms with Crippen LogP contribution >= 0.6 is 0 Å². The van der Waals surface area contributed by atoms with Gasteiger partial charge in [0.25, 0.3) is 0 Å². The van der Waals surface area contributed by atoms with Crippen LogP contribution in [0.25, 0.3) is 0 Å². The van der Waals surface area contributed by atoms with Gasteiger partial charge in [-0.25, -0.2) is 5.43 Å². The topological polar surface area (TPSA) is 53.5 Å². The number of benzene rings is 2. The Morgan fingerprint density at radius 2 is 1.78 bits per heavy atom. The van der Waals surface area contributed by atoms with Crippen molar-refractivity contribution in [2.24, 2.45) is 0 Å². The molecule has 3 rings (SSSR count). The van der Waals surface area contributed by atoms with Gasteiger partial charge in [0.15, 0.2) is 0 Å². The van der Waals surface area contributed by atoms with Crippen LogP contribution in [0.15, 0.2) is 54.6 Å². The summed E-state index contributed by atoms with van der Waals surface area (Å²) in [6, 6.07) is 18.9. The van der Waals surface area contributed by atoms with Gasteiger partial charge in [0.2, 0.25) is 0 Å². The van der Waals surface area contributed by atoms with Gasteiger partial charge in [0.05, 0.1) is 19.3 Å². The number of aliphatic hydroxyl groups excluding tert-OH is 1. The van der Waals surface area contributed by atoms with Gasteiger partial charge >= 0.3 is 0 Å². The third-order valence-electron chi connectivity index (χ3n) is 4.21. The van der Waals surface area contributed by atoms with E-state index in [9.17, 15) is 5.11 Å². The number of ether oxygens (including phenoxy) is 1. The molecule has 2 unspecified atom stereocenters. The summed E-state index contributed by atoms with van der Waals surface area (Å²) < 4.78 is 6.01. The van der Waals surface area contributed by atoms with Crippen LogP contribution in [-0.2, 0) is 6.42 Å². The van der Waals surface area contributed by atoms with Gasteiger partial charge in [0, 0.05) is 11.6 Å². The Bertz CT molecular complexity index is 603. The molecule has 0 aromatic heterocycles. The van der Waals surface area contributed by atoms with Crippen LogP contribution in [0.3, 0.4) is 0 Å². The lowest BCUT2D eigenvalue weighted by molar-refractivity contribution is 0.251. The Hall–Kier alpha value is -1.88. The van der Waals surface area contributed by atoms with E-state index >= 15 is 0 Å². The van der Waals surface area contributed by atoms with Gasteiger partial charge in [-0.3, -0.25) is 5.43 Å². The van der Waals surface area contributed by atoms with E-state index in [-0.39, 0.29) is 18.7 Å². The van der Waals surface area contributed by atoms with Crippen molar-refractivity contribution in [2.45, 2.75) is 31.3 Å². The van der Waals surface area contributed by atoms with Gasteiger partial charge in [-0.2, -0.15) is 0 Å². The molecule has 0 radical (unpaired) electrons.